The number of ether oxygens (including phenoxy) is 2. The first-order chi connectivity index (χ1) is 12.6. The van der Waals surface area contributed by atoms with Gasteiger partial charge in [-0.1, -0.05) is 17.7 Å². The summed E-state index contributed by atoms with van der Waals surface area (Å²) in [5.41, 5.74) is 1.48. The van der Waals surface area contributed by atoms with Crippen molar-refractivity contribution in [1.82, 2.24) is 14.8 Å². The van der Waals surface area contributed by atoms with Gasteiger partial charge in [-0.2, -0.15) is 5.10 Å². The molecule has 0 bridgehead atoms. The van der Waals surface area contributed by atoms with Gasteiger partial charge in [-0.05, 0) is 37.3 Å². The monoisotopic (exact) mass is 372 g/mol. The van der Waals surface area contributed by atoms with E-state index in [1.807, 2.05) is 6.92 Å². The lowest BCUT2D eigenvalue weighted by Crippen LogP contribution is -2.14. The molecule has 0 atom stereocenters. The van der Waals surface area contributed by atoms with Crippen molar-refractivity contribution in [3.8, 4) is 17.2 Å². The molecule has 1 N–H and O–H groups in total. The summed E-state index contributed by atoms with van der Waals surface area (Å²) in [6.07, 6.45) is 2.91. The Hall–Kier alpha value is -3.06. The first kappa shape index (κ1) is 17.8. The molecule has 1 heterocycles. The van der Waals surface area contributed by atoms with Crippen molar-refractivity contribution < 1.29 is 14.3 Å². The van der Waals surface area contributed by atoms with E-state index in [0.717, 1.165) is 0 Å². The number of hydrogen-bond acceptors (Lipinski definition) is 5. The van der Waals surface area contributed by atoms with Gasteiger partial charge in [0.15, 0.2) is 11.5 Å². The van der Waals surface area contributed by atoms with Crippen LogP contribution in [0.5, 0.6) is 11.5 Å². The first-order valence-corrected chi connectivity index (χ1v) is 8.27. The molecule has 134 valence electrons. The van der Waals surface area contributed by atoms with Gasteiger partial charge in [-0.15, -0.1) is 0 Å². The van der Waals surface area contributed by atoms with E-state index in [1.165, 1.54) is 24.4 Å². The van der Waals surface area contributed by atoms with Gasteiger partial charge in [-0.25, -0.2) is 9.67 Å². The molecule has 3 aromatic rings. The zero-order valence-corrected chi connectivity index (χ0v) is 15.0. The Morgan fingerprint density at radius 3 is 2.81 bits per heavy atom. The number of para-hydroxylation sites is 1. The smallest absolute Gasteiger partial charge is 0.255 e. The molecule has 0 aliphatic heterocycles. The number of amides is 1. The van der Waals surface area contributed by atoms with Crippen molar-refractivity contribution in [2.24, 2.45) is 0 Å². The number of methoxy groups -OCH3 is 1. The number of aromatic nitrogens is 3. The lowest BCUT2D eigenvalue weighted by molar-refractivity contribution is 0.102. The fourth-order valence-corrected chi connectivity index (χ4v) is 2.71. The van der Waals surface area contributed by atoms with E-state index in [1.54, 1.807) is 36.4 Å². The highest BCUT2D eigenvalue weighted by Gasteiger charge is 2.15. The number of carbonyl (C=O) groups is 1. The summed E-state index contributed by atoms with van der Waals surface area (Å²) >= 11 is 6.28. The van der Waals surface area contributed by atoms with Crippen LogP contribution in [0, 0.1) is 0 Å². The number of halogens is 1. The van der Waals surface area contributed by atoms with E-state index in [-0.39, 0.29) is 5.91 Å². The second-order valence-corrected chi connectivity index (χ2v) is 5.64. The maximum absolute atomic E-state index is 12.7. The Bertz CT molecular complexity index is 913. The van der Waals surface area contributed by atoms with Crippen LogP contribution in [0.15, 0.2) is 49.1 Å². The predicted octanol–water partition coefficient (Wildman–Crippen LogP) is 3.58. The standard InChI is InChI=1S/C18H17ClN4O3/c1-3-26-15-8-7-12(9-16(15)25-2)18(24)22-14-6-4-5-13(19)17(14)23-11-20-10-21-23/h4-11H,3H2,1-2H3,(H,22,24). The average Bonchev–Trinajstić information content (AvgIpc) is 3.16. The molecular formula is C18H17ClN4O3. The van der Waals surface area contributed by atoms with Gasteiger partial charge in [0, 0.05) is 5.56 Å². The normalized spacial score (nSPS) is 10.4. The molecule has 8 heteroatoms. The zero-order chi connectivity index (χ0) is 18.5. The minimum absolute atomic E-state index is 0.310. The minimum Gasteiger partial charge on any atom is -0.493 e. The third-order valence-electron chi connectivity index (χ3n) is 3.61. The molecule has 1 aromatic heterocycles. The topological polar surface area (TPSA) is 78.3 Å². The highest BCUT2D eigenvalue weighted by Crippen LogP contribution is 2.30. The van der Waals surface area contributed by atoms with Crippen molar-refractivity contribution in [1.29, 1.82) is 0 Å². The van der Waals surface area contributed by atoms with Crippen LogP contribution in [0.3, 0.4) is 0 Å². The van der Waals surface area contributed by atoms with Crippen LogP contribution < -0.4 is 14.8 Å². The summed E-state index contributed by atoms with van der Waals surface area (Å²) in [4.78, 5) is 16.6. The van der Waals surface area contributed by atoms with E-state index in [0.29, 0.717) is 40.1 Å². The molecule has 0 aliphatic carbocycles. The Labute approximate surface area is 155 Å². The number of benzene rings is 2. The van der Waals surface area contributed by atoms with Gasteiger partial charge in [0.25, 0.3) is 5.91 Å². The molecule has 0 saturated heterocycles. The molecule has 26 heavy (non-hydrogen) atoms. The van der Waals surface area contributed by atoms with Gasteiger partial charge in [-0.3, -0.25) is 4.79 Å². The molecule has 3 rings (SSSR count). The van der Waals surface area contributed by atoms with E-state index in [9.17, 15) is 4.79 Å². The van der Waals surface area contributed by atoms with E-state index >= 15 is 0 Å². The fraction of sp³-hybridized carbons (Fsp3) is 0.167. The van der Waals surface area contributed by atoms with Crippen LogP contribution in [0.4, 0.5) is 5.69 Å². The molecule has 0 saturated carbocycles. The Balaban J connectivity index is 1.91. The van der Waals surface area contributed by atoms with Crippen molar-refractivity contribution in [2.75, 3.05) is 19.0 Å². The van der Waals surface area contributed by atoms with Crippen LogP contribution in [-0.2, 0) is 0 Å². The molecule has 1 amide bonds. The van der Waals surface area contributed by atoms with Crippen LogP contribution in [-0.4, -0.2) is 34.4 Å². The fourth-order valence-electron chi connectivity index (χ4n) is 2.45. The number of rotatable bonds is 6. The lowest BCUT2D eigenvalue weighted by Gasteiger charge is -2.14. The summed E-state index contributed by atoms with van der Waals surface area (Å²) in [5.74, 6) is 0.759. The molecule has 0 spiro atoms. The summed E-state index contributed by atoms with van der Waals surface area (Å²) in [6, 6.07) is 10.2. The number of anilines is 1. The summed E-state index contributed by atoms with van der Waals surface area (Å²) in [6.45, 7) is 2.39. The molecule has 0 unspecified atom stereocenters. The molecule has 0 fully saturated rings. The van der Waals surface area contributed by atoms with E-state index in [2.05, 4.69) is 15.4 Å². The number of nitrogens with one attached hydrogen (secondary N) is 1. The minimum atomic E-state index is -0.310. The Morgan fingerprint density at radius 2 is 2.12 bits per heavy atom. The van der Waals surface area contributed by atoms with Gasteiger partial charge in [0.05, 0.1) is 24.4 Å². The van der Waals surface area contributed by atoms with Crippen molar-refractivity contribution in [2.45, 2.75) is 6.92 Å². The first-order valence-electron chi connectivity index (χ1n) is 7.89. The SMILES string of the molecule is CCOc1ccc(C(=O)Nc2cccc(Cl)c2-n2cncn2)cc1OC. The third kappa shape index (κ3) is 3.62. The molecular weight excluding hydrogens is 356 g/mol. The molecule has 2 aromatic carbocycles. The third-order valence-corrected chi connectivity index (χ3v) is 3.91. The van der Waals surface area contributed by atoms with Gasteiger partial charge >= 0.3 is 0 Å². The highest BCUT2D eigenvalue weighted by molar-refractivity contribution is 6.33. The molecule has 7 nitrogen and oxygen atoms in total. The van der Waals surface area contributed by atoms with Crippen molar-refractivity contribution in [3.63, 3.8) is 0 Å². The van der Waals surface area contributed by atoms with Crippen molar-refractivity contribution >= 4 is 23.2 Å². The van der Waals surface area contributed by atoms with Crippen LogP contribution in [0.1, 0.15) is 17.3 Å². The largest absolute Gasteiger partial charge is 0.493 e. The van der Waals surface area contributed by atoms with E-state index in [4.69, 9.17) is 21.1 Å². The quantitative estimate of drug-likeness (QED) is 0.715. The maximum atomic E-state index is 12.7. The Kier molecular flexibility index (Phi) is 5.38. The van der Waals surface area contributed by atoms with Crippen molar-refractivity contribution in [3.05, 3.63) is 59.6 Å². The number of carbonyl (C=O) groups excluding carboxylic acids is 1. The van der Waals surface area contributed by atoms with Gasteiger partial charge in [0.2, 0.25) is 0 Å². The summed E-state index contributed by atoms with van der Waals surface area (Å²) in [5, 5.41) is 7.37. The second-order valence-electron chi connectivity index (χ2n) is 5.23. The molecule has 0 radical (unpaired) electrons. The summed E-state index contributed by atoms with van der Waals surface area (Å²) in [7, 11) is 1.53. The maximum Gasteiger partial charge on any atom is 0.255 e. The van der Waals surface area contributed by atoms with Gasteiger partial charge in [0.1, 0.15) is 18.3 Å². The van der Waals surface area contributed by atoms with Gasteiger partial charge < -0.3 is 14.8 Å². The molecule has 0 aliphatic rings. The highest BCUT2D eigenvalue weighted by atomic mass is 35.5. The number of hydrogen-bond donors (Lipinski definition) is 1. The Morgan fingerprint density at radius 1 is 1.27 bits per heavy atom. The lowest BCUT2D eigenvalue weighted by atomic mass is 10.1. The average molecular weight is 373 g/mol. The van der Waals surface area contributed by atoms with Crippen LogP contribution >= 0.6 is 11.6 Å². The number of nitrogens with zero attached hydrogens (tertiary/aromatic N) is 3. The van der Waals surface area contributed by atoms with Crippen LogP contribution in [0.25, 0.3) is 5.69 Å². The second kappa shape index (κ2) is 7.88. The van der Waals surface area contributed by atoms with E-state index < -0.39 is 0 Å². The predicted molar refractivity (Wildman–Crippen MR) is 98.5 cm³/mol. The summed E-state index contributed by atoms with van der Waals surface area (Å²) < 4.78 is 12.3. The zero-order valence-electron chi connectivity index (χ0n) is 14.3. The van der Waals surface area contributed by atoms with Crippen LogP contribution in [0.2, 0.25) is 5.02 Å².